The molecule has 176 valence electrons. The minimum atomic E-state index is -0.469. The Morgan fingerprint density at radius 3 is 1.97 bits per heavy atom. The van der Waals surface area contributed by atoms with Gasteiger partial charge in [-0.1, -0.05) is 91.0 Å². The Morgan fingerprint density at radius 1 is 0.800 bits per heavy atom. The second-order valence-corrected chi connectivity index (χ2v) is 8.37. The van der Waals surface area contributed by atoms with Crippen LogP contribution in [0.15, 0.2) is 97.3 Å². The third kappa shape index (κ3) is 4.41. The van der Waals surface area contributed by atoms with Gasteiger partial charge in [0.05, 0.1) is 24.0 Å². The van der Waals surface area contributed by atoms with Gasteiger partial charge in [-0.3, -0.25) is 5.41 Å². The fourth-order valence-corrected chi connectivity index (χ4v) is 4.54. The van der Waals surface area contributed by atoms with Crippen LogP contribution in [-0.4, -0.2) is 34.6 Å². The van der Waals surface area contributed by atoms with Gasteiger partial charge in [0.25, 0.3) is 0 Å². The quantitative estimate of drug-likeness (QED) is 0.316. The first-order valence-corrected chi connectivity index (χ1v) is 11.6. The van der Waals surface area contributed by atoms with Crippen LogP contribution in [0.3, 0.4) is 0 Å². The van der Waals surface area contributed by atoms with Crippen molar-refractivity contribution in [3.63, 3.8) is 0 Å². The van der Waals surface area contributed by atoms with E-state index in [4.69, 9.17) is 14.5 Å². The fourth-order valence-electron chi connectivity index (χ4n) is 4.54. The second-order valence-electron chi connectivity index (χ2n) is 8.37. The van der Waals surface area contributed by atoms with Gasteiger partial charge in [0.15, 0.2) is 6.29 Å². The van der Waals surface area contributed by atoms with E-state index >= 15 is 0 Å². The summed E-state index contributed by atoms with van der Waals surface area (Å²) in [4.78, 5) is 4.89. The summed E-state index contributed by atoms with van der Waals surface area (Å²) in [5.41, 5.74) is 6.50. The van der Waals surface area contributed by atoms with E-state index in [2.05, 4.69) is 41.0 Å². The molecule has 35 heavy (non-hydrogen) atoms. The van der Waals surface area contributed by atoms with Crippen LogP contribution in [0.5, 0.6) is 0 Å². The van der Waals surface area contributed by atoms with Crippen LogP contribution in [-0.2, 0) is 22.6 Å². The van der Waals surface area contributed by atoms with E-state index in [1.165, 1.54) is 5.56 Å². The highest BCUT2D eigenvalue weighted by molar-refractivity contribution is 6.02. The molecule has 5 rings (SSSR count). The molecule has 0 fully saturated rings. The predicted octanol–water partition coefficient (Wildman–Crippen LogP) is 5.32. The molecule has 2 aromatic heterocycles. The van der Waals surface area contributed by atoms with E-state index in [-0.39, 0.29) is 0 Å². The summed E-state index contributed by atoms with van der Waals surface area (Å²) >= 11 is 0. The molecule has 0 amide bonds. The van der Waals surface area contributed by atoms with Crippen LogP contribution < -0.4 is 5.49 Å². The predicted molar refractivity (Wildman–Crippen MR) is 138 cm³/mol. The van der Waals surface area contributed by atoms with E-state index in [0.717, 1.165) is 33.4 Å². The van der Waals surface area contributed by atoms with Crippen molar-refractivity contribution in [1.82, 2.24) is 14.1 Å². The molecule has 3 aromatic carbocycles. The van der Waals surface area contributed by atoms with Gasteiger partial charge >= 0.3 is 0 Å². The summed E-state index contributed by atoms with van der Waals surface area (Å²) in [6, 6.07) is 31.0. The average molecular weight is 465 g/mol. The Morgan fingerprint density at radius 2 is 1.37 bits per heavy atom. The van der Waals surface area contributed by atoms with E-state index < -0.39 is 6.29 Å². The summed E-state index contributed by atoms with van der Waals surface area (Å²) in [5.74, 6) is 0. The molecular formula is C29H28N4O2. The third-order valence-corrected chi connectivity index (χ3v) is 6.24. The lowest BCUT2D eigenvalue weighted by Crippen LogP contribution is -2.29. The molecule has 6 nitrogen and oxygen atoms in total. The molecule has 0 radical (unpaired) electrons. The summed E-state index contributed by atoms with van der Waals surface area (Å²) in [6.07, 6.45) is 1.24. The fraction of sp³-hybridized carbons (Fsp3) is 0.172. The zero-order chi connectivity index (χ0) is 24.2. The summed E-state index contributed by atoms with van der Waals surface area (Å²) < 4.78 is 14.8. The van der Waals surface area contributed by atoms with E-state index in [0.29, 0.717) is 18.6 Å². The molecule has 0 spiro atoms. The van der Waals surface area contributed by atoms with Gasteiger partial charge in [0, 0.05) is 26.3 Å². The van der Waals surface area contributed by atoms with Crippen LogP contribution in [0.2, 0.25) is 0 Å². The highest BCUT2D eigenvalue weighted by Crippen LogP contribution is 2.39. The van der Waals surface area contributed by atoms with Crippen LogP contribution in [0.25, 0.3) is 33.4 Å². The number of benzene rings is 3. The molecule has 6 heteroatoms. The highest BCUT2D eigenvalue weighted by Gasteiger charge is 2.23. The number of fused-ring (bicyclic) bond motifs is 1. The minimum absolute atomic E-state index is 0.369. The number of nitrogens with zero attached hydrogens (tertiary/aromatic N) is 3. The molecule has 0 saturated heterocycles. The van der Waals surface area contributed by atoms with Crippen molar-refractivity contribution in [2.45, 2.75) is 19.4 Å². The summed E-state index contributed by atoms with van der Waals surface area (Å²) in [7, 11) is 3.20. The van der Waals surface area contributed by atoms with E-state index in [1.807, 2.05) is 54.6 Å². The molecule has 5 aromatic rings. The molecule has 0 aliphatic heterocycles. The zero-order valence-corrected chi connectivity index (χ0v) is 19.9. The van der Waals surface area contributed by atoms with Gasteiger partial charge in [0.1, 0.15) is 11.1 Å². The molecule has 1 N–H and O–H groups in total. The molecule has 0 saturated carbocycles. The van der Waals surface area contributed by atoms with Crippen molar-refractivity contribution < 1.29 is 9.47 Å². The van der Waals surface area contributed by atoms with Gasteiger partial charge in [-0.25, -0.2) is 4.98 Å². The normalized spacial score (nSPS) is 11.4. The topological polar surface area (TPSA) is 65.1 Å². The first kappa shape index (κ1) is 22.8. The molecule has 0 aliphatic rings. The van der Waals surface area contributed by atoms with Crippen molar-refractivity contribution in [2.24, 2.45) is 0 Å². The molecular weight excluding hydrogens is 436 g/mol. The van der Waals surface area contributed by atoms with Crippen LogP contribution >= 0.6 is 0 Å². The Labute approximate surface area is 204 Å². The Hall–Kier alpha value is -4.00. The third-order valence-electron chi connectivity index (χ3n) is 6.24. The van der Waals surface area contributed by atoms with Crippen LogP contribution in [0, 0.1) is 5.41 Å². The number of ether oxygens (including phenoxy) is 2. The van der Waals surface area contributed by atoms with Crippen LogP contribution in [0.1, 0.15) is 5.56 Å². The Kier molecular flexibility index (Phi) is 6.57. The number of rotatable bonds is 8. The van der Waals surface area contributed by atoms with Crippen molar-refractivity contribution in [3.8, 4) is 22.4 Å². The van der Waals surface area contributed by atoms with Gasteiger partial charge in [-0.05, 0) is 16.7 Å². The second kappa shape index (κ2) is 10.1. The minimum Gasteiger partial charge on any atom is -0.354 e. The number of hydrogen-bond donors (Lipinski definition) is 1. The maximum absolute atomic E-state index is 9.22. The van der Waals surface area contributed by atoms with Gasteiger partial charge in [0.2, 0.25) is 0 Å². The maximum atomic E-state index is 9.22. The molecule has 2 heterocycles. The van der Waals surface area contributed by atoms with Crippen molar-refractivity contribution >= 4 is 11.0 Å². The smallest absolute Gasteiger partial charge is 0.174 e. The number of methoxy groups -OCH3 is 2. The highest BCUT2D eigenvalue weighted by atomic mass is 16.7. The molecule has 0 aliphatic carbocycles. The van der Waals surface area contributed by atoms with Gasteiger partial charge in [-0.15, -0.1) is 0 Å². The summed E-state index contributed by atoms with van der Waals surface area (Å²) in [5, 5.41) is 10.0. The van der Waals surface area contributed by atoms with Crippen LogP contribution in [0.4, 0.5) is 0 Å². The Bertz CT molecular complexity index is 1470. The first-order valence-electron chi connectivity index (χ1n) is 11.6. The number of hydrogen-bond acceptors (Lipinski definition) is 4. The lowest BCUT2D eigenvalue weighted by Gasteiger charge is -2.15. The average Bonchev–Trinajstić information content (AvgIpc) is 3.24. The zero-order valence-electron chi connectivity index (χ0n) is 19.9. The van der Waals surface area contributed by atoms with Gasteiger partial charge < -0.3 is 18.6 Å². The monoisotopic (exact) mass is 464 g/mol. The standard InChI is InChI=1S/C29H28N4O2/c1-34-24(35-2)19-32-20-31-29-26(28(32)30)25(22-14-8-4-9-15-22)27(23-16-10-5-11-17-23)33(29)18-21-12-6-3-7-13-21/h3-17,20,24,30H,18-19H2,1-2H3. The Balaban J connectivity index is 1.85. The lowest BCUT2D eigenvalue weighted by atomic mass is 9.99. The van der Waals surface area contributed by atoms with Crippen molar-refractivity contribution in [3.05, 3.63) is 108 Å². The van der Waals surface area contributed by atoms with Crippen molar-refractivity contribution in [1.29, 1.82) is 5.41 Å². The SMILES string of the molecule is COC(Cn1cnc2c(c(-c3ccccc3)c(-c3ccccc3)n2Cc2ccccc2)c1=N)OC. The van der Waals surface area contributed by atoms with E-state index in [9.17, 15) is 5.41 Å². The number of aromatic nitrogens is 3. The maximum Gasteiger partial charge on any atom is 0.174 e. The summed E-state index contributed by atoms with van der Waals surface area (Å²) in [6.45, 7) is 1.01. The molecule has 0 atom stereocenters. The van der Waals surface area contributed by atoms with Crippen molar-refractivity contribution in [2.75, 3.05) is 14.2 Å². The molecule has 0 bridgehead atoms. The van der Waals surface area contributed by atoms with Gasteiger partial charge in [-0.2, -0.15) is 0 Å². The first-order chi connectivity index (χ1) is 17.2. The van der Waals surface area contributed by atoms with E-state index in [1.54, 1.807) is 25.1 Å². The largest absolute Gasteiger partial charge is 0.354 e. The molecule has 0 unspecified atom stereocenters. The lowest BCUT2D eigenvalue weighted by molar-refractivity contribution is -0.111. The number of nitrogens with one attached hydrogen (secondary N) is 1.